The highest BCUT2D eigenvalue weighted by molar-refractivity contribution is 7.89. The monoisotopic (exact) mass is 605 g/mol. The van der Waals surface area contributed by atoms with E-state index in [9.17, 15) is 13.2 Å². The van der Waals surface area contributed by atoms with Gasteiger partial charge in [0.25, 0.3) is 0 Å². The molecule has 0 heterocycles. The van der Waals surface area contributed by atoms with E-state index in [1.54, 1.807) is 12.1 Å². The molecule has 1 amide bonds. The van der Waals surface area contributed by atoms with Gasteiger partial charge in [-0.1, -0.05) is 78.9 Å². The minimum atomic E-state index is -3.70. The number of ether oxygens (including phenoxy) is 1. The van der Waals surface area contributed by atoms with Crippen LogP contribution in [-0.4, -0.2) is 65.7 Å². The third kappa shape index (κ3) is 10.6. The zero-order chi connectivity index (χ0) is 30.5. The second kappa shape index (κ2) is 16.7. The molecule has 2 N–H and O–H groups in total. The number of rotatable bonds is 16. The van der Waals surface area contributed by atoms with E-state index in [2.05, 4.69) is 59.4 Å². The maximum atomic E-state index is 13.0. The molecule has 1 saturated carbocycles. The number of nitrogens with zero attached hydrogens (tertiary/aromatic N) is 1. The fourth-order valence-electron chi connectivity index (χ4n) is 6.18. The fraction of sp³-hybridized carbons (Fsp3) is 0.457. The predicted molar refractivity (Wildman–Crippen MR) is 172 cm³/mol. The highest BCUT2D eigenvalue weighted by atomic mass is 32.2. The first kappa shape index (κ1) is 32.9. The van der Waals surface area contributed by atoms with Crippen molar-refractivity contribution in [1.82, 2.24) is 14.9 Å². The molecule has 0 radical (unpaired) electrons. The quantitative estimate of drug-likeness (QED) is 0.223. The van der Waals surface area contributed by atoms with Crippen molar-refractivity contribution in [3.8, 4) is 0 Å². The van der Waals surface area contributed by atoms with E-state index >= 15 is 0 Å². The first-order valence-electron chi connectivity index (χ1n) is 15.5. The Kier molecular flexibility index (Phi) is 12.8. The Morgan fingerprint density at radius 2 is 1.51 bits per heavy atom. The Morgan fingerprint density at radius 1 is 0.884 bits per heavy atom. The van der Waals surface area contributed by atoms with Crippen molar-refractivity contribution >= 4 is 15.9 Å². The molecule has 43 heavy (non-hydrogen) atoms. The third-order valence-electron chi connectivity index (χ3n) is 8.53. The molecule has 4 rings (SSSR count). The molecule has 7 nitrogen and oxygen atoms in total. The molecule has 1 atom stereocenters. The van der Waals surface area contributed by atoms with Crippen LogP contribution in [0.5, 0.6) is 0 Å². The summed E-state index contributed by atoms with van der Waals surface area (Å²) >= 11 is 0. The zero-order valence-corrected chi connectivity index (χ0v) is 26.4. The van der Waals surface area contributed by atoms with Gasteiger partial charge in [0.15, 0.2) is 0 Å². The minimum Gasteiger partial charge on any atom is -0.370 e. The number of sulfonamides is 1. The number of hydrogen-bond donors (Lipinski definition) is 2. The van der Waals surface area contributed by atoms with E-state index in [1.807, 2.05) is 42.5 Å². The molecule has 1 unspecified atom stereocenters. The number of aryl methyl sites for hydroxylation is 1. The van der Waals surface area contributed by atoms with Gasteiger partial charge in [-0.15, -0.1) is 0 Å². The summed E-state index contributed by atoms with van der Waals surface area (Å²) in [6.45, 7) is 0.796. The van der Waals surface area contributed by atoms with Crippen LogP contribution in [-0.2, 0) is 32.4 Å². The third-order valence-corrected chi connectivity index (χ3v) is 10.1. The summed E-state index contributed by atoms with van der Waals surface area (Å²) in [7, 11) is 0.680. The molecule has 8 heteroatoms. The van der Waals surface area contributed by atoms with Gasteiger partial charge in [0.05, 0.1) is 11.5 Å². The summed E-state index contributed by atoms with van der Waals surface area (Å²) in [6.07, 6.45) is 7.40. The Bertz CT molecular complexity index is 1360. The second-order valence-electron chi connectivity index (χ2n) is 11.9. The summed E-state index contributed by atoms with van der Waals surface area (Å²) in [5.74, 6) is 1.01. The van der Waals surface area contributed by atoms with Crippen molar-refractivity contribution in [2.24, 2.45) is 11.8 Å². The van der Waals surface area contributed by atoms with Gasteiger partial charge in [-0.2, -0.15) is 0 Å². The van der Waals surface area contributed by atoms with Crippen LogP contribution in [0.25, 0.3) is 0 Å². The van der Waals surface area contributed by atoms with E-state index in [4.69, 9.17) is 4.74 Å². The van der Waals surface area contributed by atoms with Crippen molar-refractivity contribution < 1.29 is 17.9 Å². The van der Waals surface area contributed by atoms with Gasteiger partial charge >= 0.3 is 0 Å². The summed E-state index contributed by atoms with van der Waals surface area (Å²) in [5.41, 5.74) is 3.18. The standard InChI is InChI=1S/C35H47N3O4S/c1-38(2)33(22-19-28-11-5-3-6-12-28)31-20-17-30(18-21-31)26-36-35(39)27-42-24-23-37-43(40,41)34-16-10-9-15-32(34)25-29-13-7-4-8-14-29/h3-16,30-31,33,37H,17-27H2,1-2H3,(H,36,39). The van der Waals surface area contributed by atoms with E-state index in [1.165, 1.54) is 18.4 Å². The molecule has 0 spiro atoms. The highest BCUT2D eigenvalue weighted by Crippen LogP contribution is 2.33. The second-order valence-corrected chi connectivity index (χ2v) is 13.6. The number of carbonyl (C=O) groups is 1. The van der Waals surface area contributed by atoms with Crippen LogP contribution in [0.15, 0.2) is 89.8 Å². The Balaban J connectivity index is 1.12. The smallest absolute Gasteiger partial charge is 0.246 e. The number of amides is 1. The van der Waals surface area contributed by atoms with E-state index in [0.29, 0.717) is 30.8 Å². The Labute approximate surface area is 258 Å². The van der Waals surface area contributed by atoms with Gasteiger partial charge in [0.1, 0.15) is 6.61 Å². The van der Waals surface area contributed by atoms with E-state index in [0.717, 1.165) is 36.8 Å². The molecule has 0 aromatic heterocycles. The van der Waals surface area contributed by atoms with Gasteiger partial charge in [-0.25, -0.2) is 13.1 Å². The van der Waals surface area contributed by atoms with Crippen LogP contribution in [0.2, 0.25) is 0 Å². The predicted octanol–water partition coefficient (Wildman–Crippen LogP) is 5.06. The van der Waals surface area contributed by atoms with Crippen molar-refractivity contribution in [1.29, 1.82) is 0 Å². The molecule has 0 saturated heterocycles. The molecule has 232 valence electrons. The lowest BCUT2D eigenvalue weighted by Gasteiger charge is -2.37. The molecule has 1 aliphatic carbocycles. The highest BCUT2D eigenvalue weighted by Gasteiger charge is 2.29. The fourth-order valence-corrected chi connectivity index (χ4v) is 7.43. The Morgan fingerprint density at radius 3 is 2.19 bits per heavy atom. The van der Waals surface area contributed by atoms with Crippen LogP contribution in [0.3, 0.4) is 0 Å². The minimum absolute atomic E-state index is 0.0795. The first-order chi connectivity index (χ1) is 20.8. The molecule has 3 aromatic carbocycles. The SMILES string of the molecule is CN(C)C(CCc1ccccc1)C1CCC(CNC(=O)COCCNS(=O)(=O)c2ccccc2Cc2ccccc2)CC1. The lowest BCUT2D eigenvalue weighted by atomic mass is 9.76. The molecule has 1 aliphatic rings. The summed E-state index contributed by atoms with van der Waals surface area (Å²) in [6, 6.07) is 28.1. The van der Waals surface area contributed by atoms with Crippen molar-refractivity contribution in [2.75, 3.05) is 40.4 Å². The van der Waals surface area contributed by atoms with Gasteiger partial charge in [-0.05, 0) is 93.6 Å². The molecule has 1 fully saturated rings. The van der Waals surface area contributed by atoms with Crippen LogP contribution < -0.4 is 10.0 Å². The first-order valence-corrected chi connectivity index (χ1v) is 17.0. The Hall–Kier alpha value is -3.04. The number of hydrogen-bond acceptors (Lipinski definition) is 5. The van der Waals surface area contributed by atoms with Gasteiger partial charge in [-0.3, -0.25) is 4.79 Å². The summed E-state index contributed by atoms with van der Waals surface area (Å²) in [5, 5.41) is 3.02. The molecule has 0 aliphatic heterocycles. The van der Waals surface area contributed by atoms with Crippen LogP contribution >= 0.6 is 0 Å². The number of benzene rings is 3. The van der Waals surface area contributed by atoms with Crippen molar-refractivity contribution in [2.45, 2.75) is 55.9 Å². The van der Waals surface area contributed by atoms with Crippen molar-refractivity contribution in [3.63, 3.8) is 0 Å². The van der Waals surface area contributed by atoms with Crippen LogP contribution in [0.1, 0.15) is 48.8 Å². The normalized spacial score (nSPS) is 17.9. The average molecular weight is 606 g/mol. The topological polar surface area (TPSA) is 87.7 Å². The molecule has 0 bridgehead atoms. The zero-order valence-electron chi connectivity index (χ0n) is 25.6. The largest absolute Gasteiger partial charge is 0.370 e. The number of carbonyl (C=O) groups excluding carboxylic acids is 1. The molecular formula is C35H47N3O4S. The van der Waals surface area contributed by atoms with Crippen molar-refractivity contribution in [3.05, 3.63) is 102 Å². The average Bonchev–Trinajstić information content (AvgIpc) is 3.01. The van der Waals surface area contributed by atoms with Gasteiger partial charge in [0, 0.05) is 19.1 Å². The molecule has 3 aromatic rings. The maximum absolute atomic E-state index is 13.0. The number of nitrogens with one attached hydrogen (secondary N) is 2. The van der Waals surface area contributed by atoms with Gasteiger partial charge in [0.2, 0.25) is 15.9 Å². The van der Waals surface area contributed by atoms with E-state index < -0.39 is 10.0 Å². The maximum Gasteiger partial charge on any atom is 0.246 e. The van der Waals surface area contributed by atoms with Gasteiger partial charge < -0.3 is 15.0 Å². The van der Waals surface area contributed by atoms with Crippen LogP contribution in [0, 0.1) is 11.8 Å². The molecular weight excluding hydrogens is 558 g/mol. The van der Waals surface area contributed by atoms with E-state index in [-0.39, 0.29) is 30.6 Å². The lowest BCUT2D eigenvalue weighted by molar-refractivity contribution is -0.125. The lowest BCUT2D eigenvalue weighted by Crippen LogP contribution is -2.39. The summed E-state index contributed by atoms with van der Waals surface area (Å²) in [4.78, 5) is 15.0. The van der Waals surface area contributed by atoms with Crippen LogP contribution in [0.4, 0.5) is 0 Å². The summed E-state index contributed by atoms with van der Waals surface area (Å²) < 4.78 is 34.0.